The van der Waals surface area contributed by atoms with Crippen LogP contribution in [0.15, 0.2) is 168 Å². The summed E-state index contributed by atoms with van der Waals surface area (Å²) in [5, 5.41) is 5.29. The molecule has 3 aliphatic rings. The monoisotopic (exact) mass is 598 g/mol. The van der Waals surface area contributed by atoms with E-state index in [0.29, 0.717) is 0 Å². The Bertz CT molecular complexity index is 2620. The summed E-state index contributed by atoms with van der Waals surface area (Å²) in [5.74, 6) is 0. The average Bonchev–Trinajstić information content (AvgIpc) is 3.59. The van der Waals surface area contributed by atoms with Gasteiger partial charge in [0.05, 0.1) is 5.41 Å². The molecule has 0 aromatic heterocycles. The molecule has 8 aromatic carbocycles. The molecule has 1 spiro atoms. The number of fused-ring (bicyclic) bond motifs is 14. The van der Waals surface area contributed by atoms with Gasteiger partial charge >= 0.3 is 0 Å². The molecule has 1 atom stereocenters. The Balaban J connectivity index is 1.20. The molecular weight excluding hydrogens is 573 g/mol. The molecular formula is C45H26S. The normalized spacial score (nSPS) is 16.3. The lowest BCUT2D eigenvalue weighted by atomic mass is 9.70. The highest BCUT2D eigenvalue weighted by atomic mass is 32.2. The van der Waals surface area contributed by atoms with Gasteiger partial charge in [0.2, 0.25) is 0 Å². The summed E-state index contributed by atoms with van der Waals surface area (Å²) >= 11 is 1.90. The molecule has 0 saturated carbocycles. The van der Waals surface area contributed by atoms with Crippen LogP contribution in [0.5, 0.6) is 0 Å². The van der Waals surface area contributed by atoms with E-state index in [1.807, 2.05) is 11.8 Å². The second kappa shape index (κ2) is 8.88. The van der Waals surface area contributed by atoms with Crippen molar-refractivity contribution in [2.24, 2.45) is 0 Å². The maximum Gasteiger partial charge on any atom is 0.0725 e. The van der Waals surface area contributed by atoms with Crippen LogP contribution >= 0.6 is 11.8 Å². The van der Waals surface area contributed by atoms with E-state index in [9.17, 15) is 0 Å². The minimum Gasteiger partial charge on any atom is -0.0888 e. The zero-order chi connectivity index (χ0) is 30.0. The van der Waals surface area contributed by atoms with Crippen LogP contribution in [0, 0.1) is 0 Å². The summed E-state index contributed by atoms with van der Waals surface area (Å²) in [7, 11) is 0. The van der Waals surface area contributed by atoms with Crippen molar-refractivity contribution < 1.29 is 0 Å². The first kappa shape index (κ1) is 24.9. The second-order valence-electron chi connectivity index (χ2n) is 12.8. The molecule has 1 heteroatoms. The van der Waals surface area contributed by atoms with Crippen molar-refractivity contribution >= 4 is 33.3 Å². The van der Waals surface area contributed by atoms with Gasteiger partial charge in [-0.3, -0.25) is 0 Å². The number of rotatable bonds is 1. The third-order valence-corrected chi connectivity index (χ3v) is 11.8. The van der Waals surface area contributed by atoms with Gasteiger partial charge in [0.15, 0.2) is 0 Å². The van der Waals surface area contributed by atoms with Crippen LogP contribution in [0.25, 0.3) is 66.1 Å². The zero-order valence-corrected chi connectivity index (χ0v) is 25.7. The van der Waals surface area contributed by atoms with Crippen molar-refractivity contribution in [3.05, 3.63) is 180 Å². The highest BCUT2D eigenvalue weighted by Crippen LogP contribution is 2.64. The van der Waals surface area contributed by atoms with E-state index in [1.54, 1.807) is 0 Å². The minimum absolute atomic E-state index is 0.350. The van der Waals surface area contributed by atoms with Crippen LogP contribution in [-0.2, 0) is 5.41 Å². The molecule has 0 amide bonds. The molecule has 1 aliphatic heterocycles. The van der Waals surface area contributed by atoms with Crippen LogP contribution in [0.4, 0.5) is 0 Å². The Kier molecular flexibility index (Phi) is 4.80. The molecule has 0 fully saturated rings. The number of benzene rings is 8. The van der Waals surface area contributed by atoms with Gasteiger partial charge in [0.25, 0.3) is 0 Å². The summed E-state index contributed by atoms with van der Waals surface area (Å²) in [6.07, 6.45) is 0. The Morgan fingerprint density at radius 2 is 1.00 bits per heavy atom. The topological polar surface area (TPSA) is 0 Å². The molecule has 0 radical (unpaired) electrons. The molecule has 0 nitrogen and oxygen atoms in total. The van der Waals surface area contributed by atoms with E-state index in [-0.39, 0.29) is 5.41 Å². The average molecular weight is 599 g/mol. The fourth-order valence-electron chi connectivity index (χ4n) is 8.93. The van der Waals surface area contributed by atoms with Crippen molar-refractivity contribution in [2.45, 2.75) is 15.2 Å². The molecule has 1 heterocycles. The maximum atomic E-state index is 2.48. The fourth-order valence-corrected chi connectivity index (χ4v) is 10.1. The Morgan fingerprint density at radius 3 is 1.91 bits per heavy atom. The first-order valence-corrected chi connectivity index (χ1v) is 16.8. The van der Waals surface area contributed by atoms with E-state index >= 15 is 0 Å². The second-order valence-corrected chi connectivity index (χ2v) is 13.8. The van der Waals surface area contributed by atoms with E-state index in [2.05, 4.69) is 158 Å². The van der Waals surface area contributed by atoms with Gasteiger partial charge in [-0.1, -0.05) is 151 Å². The molecule has 2 aliphatic carbocycles. The summed E-state index contributed by atoms with van der Waals surface area (Å²) < 4.78 is 0. The quantitative estimate of drug-likeness (QED) is 0.181. The highest BCUT2D eigenvalue weighted by Gasteiger charge is 2.52. The van der Waals surface area contributed by atoms with Gasteiger partial charge in [-0.2, -0.15) is 0 Å². The zero-order valence-electron chi connectivity index (χ0n) is 24.9. The van der Waals surface area contributed by atoms with Gasteiger partial charge in [-0.25, -0.2) is 0 Å². The van der Waals surface area contributed by atoms with Crippen LogP contribution in [0.1, 0.15) is 22.3 Å². The van der Waals surface area contributed by atoms with Crippen molar-refractivity contribution in [3.8, 4) is 44.5 Å². The van der Waals surface area contributed by atoms with Gasteiger partial charge < -0.3 is 0 Å². The molecule has 212 valence electrons. The smallest absolute Gasteiger partial charge is 0.0725 e. The van der Waals surface area contributed by atoms with E-state index in [1.165, 1.54) is 98.1 Å². The lowest BCUT2D eigenvalue weighted by Crippen LogP contribution is -2.25. The molecule has 1 unspecified atom stereocenters. The summed E-state index contributed by atoms with van der Waals surface area (Å²) in [6.45, 7) is 0. The Labute approximate surface area is 272 Å². The standard InChI is InChI=1S/C45H26S/c1-2-13-30-27(10-1)22-25-39-43(30)33-15-4-6-19-37(33)45(39)36-18-5-3-14-32(36)35-26-29(23-24-38(35)45)31-16-9-21-41-44(31)34-17-7-11-28-12-8-20-40(46-41)42(28)34/h1-26H. The van der Waals surface area contributed by atoms with Gasteiger partial charge in [0, 0.05) is 20.7 Å². The van der Waals surface area contributed by atoms with Gasteiger partial charge in [0.1, 0.15) is 0 Å². The van der Waals surface area contributed by atoms with Gasteiger partial charge in [-0.05, 0) is 95.6 Å². The van der Waals surface area contributed by atoms with Crippen LogP contribution in [-0.4, -0.2) is 0 Å². The minimum atomic E-state index is -0.350. The predicted octanol–water partition coefficient (Wildman–Crippen LogP) is 12.1. The molecule has 8 aromatic rings. The largest absolute Gasteiger partial charge is 0.0888 e. The summed E-state index contributed by atoms with van der Waals surface area (Å²) in [6, 6.07) is 59.4. The molecule has 0 saturated heterocycles. The third-order valence-electron chi connectivity index (χ3n) is 10.7. The third kappa shape index (κ3) is 2.97. The van der Waals surface area contributed by atoms with Crippen LogP contribution in [0.2, 0.25) is 0 Å². The Hall–Kier alpha value is -5.37. The van der Waals surface area contributed by atoms with Gasteiger partial charge in [-0.15, -0.1) is 0 Å². The maximum absolute atomic E-state index is 2.48. The van der Waals surface area contributed by atoms with Crippen LogP contribution < -0.4 is 0 Å². The predicted molar refractivity (Wildman–Crippen MR) is 193 cm³/mol. The first-order chi connectivity index (χ1) is 22.8. The van der Waals surface area contributed by atoms with Crippen LogP contribution in [0.3, 0.4) is 0 Å². The molecule has 46 heavy (non-hydrogen) atoms. The lowest BCUT2D eigenvalue weighted by molar-refractivity contribution is 0.794. The van der Waals surface area contributed by atoms with E-state index in [0.717, 1.165) is 0 Å². The summed E-state index contributed by atoms with van der Waals surface area (Å²) in [5.41, 5.74) is 15.8. The van der Waals surface area contributed by atoms with Crippen molar-refractivity contribution in [1.29, 1.82) is 0 Å². The van der Waals surface area contributed by atoms with Crippen molar-refractivity contribution in [1.82, 2.24) is 0 Å². The summed E-state index contributed by atoms with van der Waals surface area (Å²) in [4.78, 5) is 2.67. The van der Waals surface area contributed by atoms with Crippen molar-refractivity contribution in [3.63, 3.8) is 0 Å². The Morgan fingerprint density at radius 1 is 0.370 bits per heavy atom. The van der Waals surface area contributed by atoms with E-state index < -0.39 is 0 Å². The molecule has 11 rings (SSSR count). The first-order valence-electron chi connectivity index (χ1n) is 16.0. The van der Waals surface area contributed by atoms with E-state index in [4.69, 9.17) is 0 Å². The molecule has 0 bridgehead atoms. The SMILES string of the molecule is c1ccc2c(c1)-c1cc(-c3cccc4c3-c3cccc5cccc(c35)S4)ccc1C21c2ccccc2-c2c1ccc1ccccc21. The number of hydrogen-bond donors (Lipinski definition) is 0. The molecule has 0 N–H and O–H groups in total. The highest BCUT2D eigenvalue weighted by molar-refractivity contribution is 7.99. The fraction of sp³-hybridized carbons (Fsp3) is 0.0222. The number of hydrogen-bond acceptors (Lipinski definition) is 1. The lowest BCUT2D eigenvalue weighted by Gasteiger charge is -2.30. The van der Waals surface area contributed by atoms with Crippen molar-refractivity contribution in [2.75, 3.05) is 0 Å².